The lowest BCUT2D eigenvalue weighted by Gasteiger charge is -2.28. The number of hydrogen-bond acceptors (Lipinski definition) is 2. The number of benzene rings is 2. The zero-order chi connectivity index (χ0) is 14.0. The van der Waals surface area contributed by atoms with Crippen LogP contribution in [0.2, 0.25) is 0 Å². The van der Waals surface area contributed by atoms with Crippen molar-refractivity contribution in [3.63, 3.8) is 0 Å². The Morgan fingerprint density at radius 3 is 2.37 bits per heavy atom. The maximum absolute atomic E-state index is 10.0. The Balaban J connectivity index is 2.33. The summed E-state index contributed by atoms with van der Waals surface area (Å²) in [7, 11) is 2.06. The van der Waals surface area contributed by atoms with Crippen molar-refractivity contribution < 1.29 is 5.11 Å². The Labute approximate surface area is 115 Å². The van der Waals surface area contributed by atoms with E-state index in [-0.39, 0.29) is 6.04 Å². The lowest BCUT2D eigenvalue weighted by Crippen LogP contribution is -2.21. The van der Waals surface area contributed by atoms with Gasteiger partial charge in [0, 0.05) is 18.3 Å². The molecule has 0 aliphatic carbocycles. The van der Waals surface area contributed by atoms with Crippen LogP contribution in [0.25, 0.3) is 0 Å². The normalized spacial score (nSPS) is 12.2. The van der Waals surface area contributed by atoms with Crippen LogP contribution >= 0.6 is 0 Å². The number of aryl methyl sites for hydroxylation is 2. The van der Waals surface area contributed by atoms with Gasteiger partial charge in [0.05, 0.1) is 6.04 Å². The number of rotatable bonds is 3. The van der Waals surface area contributed by atoms with Gasteiger partial charge in [0.2, 0.25) is 0 Å². The molecule has 0 saturated heterocycles. The van der Waals surface area contributed by atoms with Gasteiger partial charge in [-0.3, -0.25) is 0 Å². The second-order valence-electron chi connectivity index (χ2n) is 5.19. The predicted molar refractivity (Wildman–Crippen MR) is 80.8 cm³/mol. The fourth-order valence-electron chi connectivity index (χ4n) is 2.29. The molecule has 2 aromatic rings. The molecule has 1 unspecified atom stereocenters. The van der Waals surface area contributed by atoms with E-state index in [4.69, 9.17) is 0 Å². The van der Waals surface area contributed by atoms with Gasteiger partial charge >= 0.3 is 0 Å². The third-order valence-corrected chi connectivity index (χ3v) is 3.62. The minimum absolute atomic E-state index is 0.127. The largest absolute Gasteiger partial charge is 0.508 e. The van der Waals surface area contributed by atoms with E-state index in [0.29, 0.717) is 5.75 Å². The van der Waals surface area contributed by atoms with E-state index in [2.05, 4.69) is 50.1 Å². The van der Waals surface area contributed by atoms with Gasteiger partial charge in [0.1, 0.15) is 5.75 Å². The highest BCUT2D eigenvalue weighted by atomic mass is 16.3. The first-order valence-corrected chi connectivity index (χ1v) is 6.58. The molecule has 0 radical (unpaired) electrons. The van der Waals surface area contributed by atoms with Gasteiger partial charge in [-0.1, -0.05) is 29.8 Å². The predicted octanol–water partition coefficient (Wildman–Crippen LogP) is 4.21. The fourth-order valence-corrected chi connectivity index (χ4v) is 2.29. The SMILES string of the molecule is Cc1cccc(N(C)C(C)c2cc(C)ccc2O)c1. The molecule has 2 aromatic carbocycles. The number of nitrogens with zero attached hydrogens (tertiary/aromatic N) is 1. The average molecular weight is 255 g/mol. The van der Waals surface area contributed by atoms with Crippen LogP contribution in [-0.4, -0.2) is 12.2 Å². The van der Waals surface area contributed by atoms with Crippen molar-refractivity contribution in [2.75, 3.05) is 11.9 Å². The third-order valence-electron chi connectivity index (χ3n) is 3.62. The molecule has 0 saturated carbocycles. The van der Waals surface area contributed by atoms with Gasteiger partial charge in [0.15, 0.2) is 0 Å². The number of anilines is 1. The van der Waals surface area contributed by atoms with E-state index < -0.39 is 0 Å². The first-order valence-electron chi connectivity index (χ1n) is 6.58. The van der Waals surface area contributed by atoms with Crippen molar-refractivity contribution in [3.05, 3.63) is 59.2 Å². The lowest BCUT2D eigenvalue weighted by molar-refractivity contribution is 0.462. The summed E-state index contributed by atoms with van der Waals surface area (Å²) < 4.78 is 0. The second kappa shape index (κ2) is 5.35. The molecule has 100 valence electrons. The molecule has 0 aromatic heterocycles. The molecule has 0 heterocycles. The summed E-state index contributed by atoms with van der Waals surface area (Å²) in [6.45, 7) is 6.24. The Hall–Kier alpha value is -1.96. The monoisotopic (exact) mass is 255 g/mol. The van der Waals surface area contributed by atoms with Crippen LogP contribution in [0.1, 0.15) is 29.7 Å². The van der Waals surface area contributed by atoms with Crippen molar-refractivity contribution in [1.82, 2.24) is 0 Å². The molecule has 19 heavy (non-hydrogen) atoms. The molecule has 0 fully saturated rings. The summed E-state index contributed by atoms with van der Waals surface area (Å²) in [5.41, 5.74) is 4.53. The van der Waals surface area contributed by atoms with Crippen molar-refractivity contribution in [2.45, 2.75) is 26.8 Å². The van der Waals surface area contributed by atoms with Crippen LogP contribution in [0.15, 0.2) is 42.5 Å². The number of phenols is 1. The maximum atomic E-state index is 10.0. The zero-order valence-electron chi connectivity index (χ0n) is 12.0. The summed E-state index contributed by atoms with van der Waals surface area (Å²) in [5.74, 6) is 0.359. The topological polar surface area (TPSA) is 23.5 Å². The Bertz CT molecular complexity index is 577. The van der Waals surface area contributed by atoms with E-state index in [1.54, 1.807) is 6.07 Å². The van der Waals surface area contributed by atoms with Crippen LogP contribution in [0, 0.1) is 13.8 Å². The zero-order valence-corrected chi connectivity index (χ0v) is 12.0. The molecule has 0 aliphatic rings. The van der Waals surface area contributed by atoms with Crippen LogP contribution < -0.4 is 4.90 Å². The van der Waals surface area contributed by atoms with Crippen LogP contribution in [-0.2, 0) is 0 Å². The van der Waals surface area contributed by atoms with Gasteiger partial charge < -0.3 is 10.0 Å². The molecule has 2 heteroatoms. The summed E-state index contributed by atoms with van der Waals surface area (Å²) in [4.78, 5) is 2.18. The number of hydrogen-bond donors (Lipinski definition) is 1. The van der Waals surface area contributed by atoms with Crippen molar-refractivity contribution in [3.8, 4) is 5.75 Å². The smallest absolute Gasteiger partial charge is 0.120 e. The minimum atomic E-state index is 0.127. The molecule has 2 nitrogen and oxygen atoms in total. The highest BCUT2D eigenvalue weighted by molar-refractivity contribution is 5.51. The standard InChI is InChI=1S/C17H21NO/c1-12-6-5-7-15(10-12)18(4)14(3)16-11-13(2)8-9-17(16)19/h5-11,14,19H,1-4H3. The van der Waals surface area contributed by atoms with E-state index in [9.17, 15) is 5.11 Å². The van der Waals surface area contributed by atoms with E-state index in [0.717, 1.165) is 16.8 Å². The highest BCUT2D eigenvalue weighted by Crippen LogP contribution is 2.31. The molecule has 0 bridgehead atoms. The van der Waals surface area contributed by atoms with Gasteiger partial charge in [-0.2, -0.15) is 0 Å². The maximum Gasteiger partial charge on any atom is 0.120 e. The molecule has 0 spiro atoms. The summed E-state index contributed by atoms with van der Waals surface area (Å²) in [6, 6.07) is 14.3. The molecule has 1 atom stereocenters. The van der Waals surface area contributed by atoms with E-state index in [1.807, 2.05) is 19.1 Å². The van der Waals surface area contributed by atoms with Gasteiger partial charge in [-0.05, 0) is 44.5 Å². The summed E-state index contributed by atoms with van der Waals surface area (Å²) in [5, 5.41) is 10.0. The lowest BCUT2D eigenvalue weighted by atomic mass is 10.0. The third kappa shape index (κ3) is 2.90. The van der Waals surface area contributed by atoms with Gasteiger partial charge in [-0.15, -0.1) is 0 Å². The highest BCUT2D eigenvalue weighted by Gasteiger charge is 2.16. The quantitative estimate of drug-likeness (QED) is 0.888. The summed E-state index contributed by atoms with van der Waals surface area (Å²) in [6.07, 6.45) is 0. The van der Waals surface area contributed by atoms with E-state index in [1.165, 1.54) is 5.56 Å². The van der Waals surface area contributed by atoms with Crippen molar-refractivity contribution in [1.29, 1.82) is 0 Å². The first-order chi connectivity index (χ1) is 8.99. The van der Waals surface area contributed by atoms with Crippen molar-refractivity contribution in [2.24, 2.45) is 0 Å². The summed E-state index contributed by atoms with van der Waals surface area (Å²) >= 11 is 0. The number of phenolic OH excluding ortho intramolecular Hbond substituents is 1. The average Bonchev–Trinajstić information content (AvgIpc) is 2.40. The van der Waals surface area contributed by atoms with Crippen LogP contribution in [0.4, 0.5) is 5.69 Å². The fraction of sp³-hybridized carbons (Fsp3) is 0.294. The van der Waals surface area contributed by atoms with E-state index >= 15 is 0 Å². The number of aromatic hydroxyl groups is 1. The molecular weight excluding hydrogens is 234 g/mol. The van der Waals surface area contributed by atoms with Crippen LogP contribution in [0.5, 0.6) is 5.75 Å². The van der Waals surface area contributed by atoms with Crippen molar-refractivity contribution >= 4 is 5.69 Å². The molecular formula is C17H21NO. The molecule has 1 N–H and O–H groups in total. The minimum Gasteiger partial charge on any atom is -0.508 e. The first kappa shape index (κ1) is 13.5. The van der Waals surface area contributed by atoms with Crippen LogP contribution in [0.3, 0.4) is 0 Å². The Morgan fingerprint density at radius 1 is 1.00 bits per heavy atom. The second-order valence-corrected chi connectivity index (χ2v) is 5.19. The Morgan fingerprint density at radius 2 is 1.68 bits per heavy atom. The molecule has 2 rings (SSSR count). The molecule has 0 aliphatic heterocycles. The molecule has 0 amide bonds. The Kier molecular flexibility index (Phi) is 3.79. The van der Waals surface area contributed by atoms with Gasteiger partial charge in [-0.25, -0.2) is 0 Å². The van der Waals surface area contributed by atoms with Gasteiger partial charge in [0.25, 0.3) is 0 Å².